The Labute approximate surface area is 79.8 Å². The van der Waals surface area contributed by atoms with Crippen molar-refractivity contribution in [2.75, 3.05) is 6.61 Å². The quantitative estimate of drug-likeness (QED) is 0.502. The summed E-state index contributed by atoms with van der Waals surface area (Å²) in [5.41, 5.74) is 0. The molecule has 1 atom stereocenters. The van der Waals surface area contributed by atoms with Crippen LogP contribution in [-0.4, -0.2) is 37.4 Å². The lowest BCUT2D eigenvalue weighted by Gasteiger charge is -2.06. The summed E-state index contributed by atoms with van der Waals surface area (Å²) in [7, 11) is 0. The van der Waals surface area contributed by atoms with Crippen LogP contribution in [0.3, 0.4) is 0 Å². The first-order valence-electron chi connectivity index (χ1n) is 4.01. The fraction of sp³-hybridized carbons (Fsp3) is 0.571. The lowest BCUT2D eigenvalue weighted by atomic mass is 10.4. The molecule has 0 unspecified atom stereocenters. The number of hydrogen-bond donors (Lipinski definition) is 2. The van der Waals surface area contributed by atoms with Crippen LogP contribution in [0, 0.1) is 17.0 Å². The monoisotopic (exact) mass is 201 g/mol. The highest BCUT2D eigenvalue weighted by atomic mass is 16.6. The van der Waals surface area contributed by atoms with E-state index in [4.69, 9.17) is 10.2 Å². The van der Waals surface area contributed by atoms with Crippen molar-refractivity contribution in [2.45, 2.75) is 19.6 Å². The van der Waals surface area contributed by atoms with Gasteiger partial charge in [0, 0.05) is 6.92 Å². The van der Waals surface area contributed by atoms with Crippen LogP contribution < -0.4 is 0 Å². The van der Waals surface area contributed by atoms with Crippen LogP contribution >= 0.6 is 0 Å². The molecule has 0 amide bonds. The highest BCUT2D eigenvalue weighted by molar-refractivity contribution is 5.16. The molecule has 2 N–H and O–H groups in total. The van der Waals surface area contributed by atoms with Gasteiger partial charge in [-0.3, -0.25) is 0 Å². The molecule has 0 spiro atoms. The van der Waals surface area contributed by atoms with Gasteiger partial charge in [-0.15, -0.1) is 0 Å². The van der Waals surface area contributed by atoms with Crippen molar-refractivity contribution in [3.05, 3.63) is 22.1 Å². The average Bonchev–Trinajstić information content (AvgIpc) is 2.48. The van der Waals surface area contributed by atoms with Crippen LogP contribution in [0.1, 0.15) is 5.82 Å². The largest absolute Gasteiger partial charge is 0.394 e. The van der Waals surface area contributed by atoms with Gasteiger partial charge < -0.3 is 24.9 Å². The second-order valence-electron chi connectivity index (χ2n) is 2.89. The maximum absolute atomic E-state index is 10.3. The van der Waals surface area contributed by atoms with Crippen molar-refractivity contribution in [2.24, 2.45) is 0 Å². The molecule has 1 rings (SSSR count). The van der Waals surface area contributed by atoms with Crippen molar-refractivity contribution in [1.29, 1.82) is 0 Å². The summed E-state index contributed by atoms with van der Waals surface area (Å²) >= 11 is 0. The van der Waals surface area contributed by atoms with Gasteiger partial charge in [0.05, 0.1) is 19.3 Å². The summed E-state index contributed by atoms with van der Waals surface area (Å²) in [4.78, 5) is 13.4. The van der Waals surface area contributed by atoms with Crippen molar-refractivity contribution < 1.29 is 15.1 Å². The normalized spacial score (nSPS) is 12.8. The Morgan fingerprint density at radius 1 is 1.79 bits per heavy atom. The molecule has 0 bridgehead atoms. The molecule has 1 aromatic rings. The zero-order valence-electron chi connectivity index (χ0n) is 7.62. The number of aliphatic hydroxyl groups excluding tert-OH is 2. The number of aryl methyl sites for hydroxylation is 1. The molecule has 0 aliphatic heterocycles. The van der Waals surface area contributed by atoms with E-state index in [9.17, 15) is 10.1 Å². The first-order chi connectivity index (χ1) is 6.54. The number of rotatable bonds is 4. The fourth-order valence-electron chi connectivity index (χ4n) is 1.05. The number of aromatic nitrogens is 2. The summed E-state index contributed by atoms with van der Waals surface area (Å²) in [6.45, 7) is 1.31. The lowest BCUT2D eigenvalue weighted by Crippen LogP contribution is -2.20. The summed E-state index contributed by atoms with van der Waals surface area (Å²) < 4.78 is 1.43. The standard InChI is InChI=1S/C7H11N3O4/c1-5-8-7(10(13)14)3-9(5)2-6(12)4-11/h3,6,11-12H,2,4H2,1H3/t6-/m0/s1. The second kappa shape index (κ2) is 4.16. The van der Waals surface area contributed by atoms with E-state index in [-0.39, 0.29) is 19.0 Å². The number of hydrogen-bond acceptors (Lipinski definition) is 5. The fourth-order valence-corrected chi connectivity index (χ4v) is 1.05. The van der Waals surface area contributed by atoms with Gasteiger partial charge >= 0.3 is 5.82 Å². The summed E-state index contributed by atoms with van der Waals surface area (Å²) in [6.07, 6.45) is 0.302. The Kier molecular flexibility index (Phi) is 3.15. The van der Waals surface area contributed by atoms with Crippen LogP contribution in [0.2, 0.25) is 0 Å². The number of nitrogens with zero attached hydrogens (tertiary/aromatic N) is 3. The molecule has 0 saturated heterocycles. The van der Waals surface area contributed by atoms with Gasteiger partial charge in [-0.25, -0.2) is 0 Å². The van der Waals surface area contributed by atoms with E-state index in [1.807, 2.05) is 0 Å². The molecule has 0 aromatic carbocycles. The molecule has 0 saturated carbocycles. The van der Waals surface area contributed by atoms with E-state index in [0.29, 0.717) is 5.82 Å². The van der Waals surface area contributed by atoms with Gasteiger partial charge in [-0.05, 0) is 9.91 Å². The van der Waals surface area contributed by atoms with Crippen LogP contribution in [0.4, 0.5) is 5.82 Å². The molecule has 78 valence electrons. The molecule has 1 heterocycles. The zero-order valence-corrected chi connectivity index (χ0v) is 7.62. The zero-order chi connectivity index (χ0) is 10.7. The predicted octanol–water partition coefficient (Wildman–Crippen LogP) is -0.547. The Bertz CT molecular complexity index is 336. The topological polar surface area (TPSA) is 101 Å². The van der Waals surface area contributed by atoms with E-state index in [0.717, 1.165) is 0 Å². The SMILES string of the molecule is Cc1nc([N+](=O)[O-])cn1C[C@H](O)CO. The third-order valence-corrected chi connectivity index (χ3v) is 1.77. The van der Waals surface area contributed by atoms with E-state index in [2.05, 4.69) is 4.98 Å². The minimum Gasteiger partial charge on any atom is -0.394 e. The molecule has 1 aromatic heterocycles. The maximum Gasteiger partial charge on any atom is 0.381 e. The van der Waals surface area contributed by atoms with Crippen LogP contribution in [0.15, 0.2) is 6.20 Å². The summed E-state index contributed by atoms with van der Waals surface area (Å²) in [5, 5.41) is 28.0. The minimum atomic E-state index is -0.928. The Hall–Kier alpha value is -1.47. The van der Waals surface area contributed by atoms with Gasteiger partial charge in [0.1, 0.15) is 6.20 Å². The van der Waals surface area contributed by atoms with Crippen LogP contribution in [0.25, 0.3) is 0 Å². The Morgan fingerprint density at radius 3 is 2.86 bits per heavy atom. The molecular weight excluding hydrogens is 190 g/mol. The molecule has 0 aliphatic rings. The van der Waals surface area contributed by atoms with Crippen molar-refractivity contribution in [3.8, 4) is 0 Å². The molecule has 7 heteroatoms. The molecule has 0 fully saturated rings. The molecule has 0 aliphatic carbocycles. The van der Waals surface area contributed by atoms with Crippen LogP contribution in [0.5, 0.6) is 0 Å². The van der Waals surface area contributed by atoms with Gasteiger partial charge in [-0.2, -0.15) is 0 Å². The van der Waals surface area contributed by atoms with Crippen molar-refractivity contribution in [1.82, 2.24) is 9.55 Å². The first-order valence-corrected chi connectivity index (χ1v) is 4.01. The molecule has 7 nitrogen and oxygen atoms in total. The summed E-state index contributed by atoms with van der Waals surface area (Å²) in [6, 6.07) is 0. The van der Waals surface area contributed by atoms with Gasteiger partial charge in [-0.1, -0.05) is 0 Å². The second-order valence-corrected chi connectivity index (χ2v) is 2.89. The van der Waals surface area contributed by atoms with Crippen molar-refractivity contribution in [3.63, 3.8) is 0 Å². The van der Waals surface area contributed by atoms with E-state index >= 15 is 0 Å². The predicted molar refractivity (Wildman–Crippen MR) is 46.7 cm³/mol. The number of aliphatic hydroxyl groups is 2. The third kappa shape index (κ3) is 2.27. The highest BCUT2D eigenvalue weighted by Crippen LogP contribution is 2.10. The van der Waals surface area contributed by atoms with Gasteiger partial charge in [0.15, 0.2) is 0 Å². The van der Waals surface area contributed by atoms with E-state index in [1.54, 1.807) is 6.92 Å². The lowest BCUT2D eigenvalue weighted by molar-refractivity contribution is -0.389. The maximum atomic E-state index is 10.3. The number of nitro groups is 1. The average molecular weight is 201 g/mol. The Morgan fingerprint density at radius 2 is 2.43 bits per heavy atom. The van der Waals surface area contributed by atoms with Crippen molar-refractivity contribution >= 4 is 5.82 Å². The smallest absolute Gasteiger partial charge is 0.381 e. The van der Waals surface area contributed by atoms with Gasteiger partial charge in [0.2, 0.25) is 5.82 Å². The summed E-state index contributed by atoms with van der Waals surface area (Å²) in [5.74, 6) is 0.178. The molecular formula is C7H11N3O4. The first kappa shape index (κ1) is 10.6. The third-order valence-electron chi connectivity index (χ3n) is 1.77. The van der Waals surface area contributed by atoms with Crippen LogP contribution in [-0.2, 0) is 6.54 Å². The van der Waals surface area contributed by atoms with E-state index < -0.39 is 11.0 Å². The van der Waals surface area contributed by atoms with E-state index in [1.165, 1.54) is 10.8 Å². The molecule has 0 radical (unpaired) electrons. The number of imidazole rings is 1. The minimum absolute atomic E-state index is 0.100. The molecule has 14 heavy (non-hydrogen) atoms. The highest BCUT2D eigenvalue weighted by Gasteiger charge is 2.16. The van der Waals surface area contributed by atoms with Gasteiger partial charge in [0.25, 0.3) is 0 Å². The Balaban J connectivity index is 2.82.